The van der Waals surface area contributed by atoms with Crippen molar-refractivity contribution in [3.05, 3.63) is 52.2 Å². The number of methoxy groups -OCH3 is 3. The highest BCUT2D eigenvalue weighted by Gasteiger charge is 2.21. The van der Waals surface area contributed by atoms with Gasteiger partial charge >= 0.3 is 5.97 Å². The molecule has 0 aliphatic heterocycles. The monoisotopic (exact) mass is 399 g/mol. The van der Waals surface area contributed by atoms with Gasteiger partial charge < -0.3 is 24.4 Å². The molecule has 29 heavy (non-hydrogen) atoms. The van der Waals surface area contributed by atoms with Crippen molar-refractivity contribution < 1.29 is 29.2 Å². The second-order valence-corrected chi connectivity index (χ2v) is 6.47. The maximum atomic E-state index is 11.8. The molecule has 0 bridgehead atoms. The lowest BCUT2D eigenvalue weighted by Gasteiger charge is -2.14. The van der Waals surface area contributed by atoms with E-state index in [0.717, 1.165) is 5.57 Å². The van der Waals surface area contributed by atoms with Crippen molar-refractivity contribution in [3.63, 3.8) is 0 Å². The fourth-order valence-electron chi connectivity index (χ4n) is 2.73. The summed E-state index contributed by atoms with van der Waals surface area (Å²) in [6.45, 7) is 3.85. The van der Waals surface area contributed by atoms with Crippen LogP contribution in [0.5, 0.6) is 23.1 Å². The van der Waals surface area contributed by atoms with Crippen molar-refractivity contribution in [2.24, 2.45) is 0 Å². The first kappa shape index (κ1) is 21.8. The molecule has 2 rings (SSSR count). The molecule has 0 amide bonds. The number of carboxylic acids is 1. The van der Waals surface area contributed by atoms with E-state index in [0.29, 0.717) is 35.1 Å². The van der Waals surface area contributed by atoms with Crippen LogP contribution in [0.2, 0.25) is 0 Å². The Labute approximate surface area is 169 Å². The molecule has 2 N–H and O–H groups in total. The Balaban J connectivity index is 2.57. The minimum absolute atomic E-state index is 0.200. The average molecular weight is 399 g/mol. The summed E-state index contributed by atoms with van der Waals surface area (Å²) in [4.78, 5) is 16.1. The smallest absolute Gasteiger partial charge is 0.340 e. The maximum absolute atomic E-state index is 11.8. The standard InChI is InChI=1S/C22H25NO6/c1-13(2)6-9-17-18(28-4)10-14(20(21(17)24)22(25)26)7-8-15-11-16(27-3)12-19(23-15)29-5/h6-8,10-12,24H,9H2,1-5H3,(H,25,26). The van der Waals surface area contributed by atoms with Crippen LogP contribution in [-0.4, -0.2) is 42.5 Å². The first-order valence-electron chi connectivity index (χ1n) is 8.88. The number of nitrogens with zero attached hydrogens (tertiary/aromatic N) is 1. The van der Waals surface area contributed by atoms with Gasteiger partial charge in [-0.2, -0.15) is 0 Å². The predicted octanol–water partition coefficient (Wildman–Crippen LogP) is 4.19. The van der Waals surface area contributed by atoms with Gasteiger partial charge in [0.2, 0.25) is 5.88 Å². The van der Waals surface area contributed by atoms with E-state index < -0.39 is 5.97 Å². The molecule has 0 fully saturated rings. The molecule has 154 valence electrons. The number of phenols is 1. The van der Waals surface area contributed by atoms with Gasteiger partial charge in [-0.25, -0.2) is 9.78 Å². The molecule has 0 atom stereocenters. The van der Waals surface area contributed by atoms with E-state index in [4.69, 9.17) is 14.2 Å². The molecule has 0 aliphatic carbocycles. The number of carbonyl (C=O) groups is 1. The zero-order valence-corrected chi connectivity index (χ0v) is 17.1. The Bertz CT molecular complexity index is 936. The summed E-state index contributed by atoms with van der Waals surface area (Å²) >= 11 is 0. The number of benzene rings is 1. The van der Waals surface area contributed by atoms with Gasteiger partial charge in [-0.1, -0.05) is 17.7 Å². The van der Waals surface area contributed by atoms with E-state index >= 15 is 0 Å². The highest BCUT2D eigenvalue weighted by molar-refractivity contribution is 5.97. The number of aromatic carboxylic acids is 1. The summed E-state index contributed by atoms with van der Waals surface area (Å²) in [5.41, 5.74) is 2.06. The molecule has 0 saturated heterocycles. The number of hydrogen-bond acceptors (Lipinski definition) is 6. The van der Waals surface area contributed by atoms with Crippen LogP contribution < -0.4 is 14.2 Å². The fourth-order valence-corrected chi connectivity index (χ4v) is 2.73. The molecule has 1 aromatic carbocycles. The number of carboxylic acid groups (broad SMARTS) is 1. The van der Waals surface area contributed by atoms with Crippen LogP contribution >= 0.6 is 0 Å². The molecule has 0 aliphatic rings. The van der Waals surface area contributed by atoms with Gasteiger partial charge in [0.25, 0.3) is 0 Å². The minimum Gasteiger partial charge on any atom is -0.507 e. The van der Waals surface area contributed by atoms with Gasteiger partial charge in [0, 0.05) is 17.7 Å². The van der Waals surface area contributed by atoms with Crippen molar-refractivity contribution in [1.82, 2.24) is 4.98 Å². The SMILES string of the molecule is COc1cc(C=Cc2cc(OC)c(CC=C(C)C)c(O)c2C(=O)O)nc(OC)c1. The lowest BCUT2D eigenvalue weighted by molar-refractivity contribution is 0.0693. The maximum Gasteiger partial charge on any atom is 0.340 e. The normalized spacial score (nSPS) is 10.7. The summed E-state index contributed by atoms with van der Waals surface area (Å²) in [5, 5.41) is 20.3. The van der Waals surface area contributed by atoms with E-state index in [1.165, 1.54) is 21.3 Å². The molecule has 1 heterocycles. The van der Waals surface area contributed by atoms with Crippen molar-refractivity contribution in [1.29, 1.82) is 0 Å². The highest BCUT2D eigenvalue weighted by Crippen LogP contribution is 2.36. The molecule has 2 aromatic rings. The molecular formula is C22H25NO6. The van der Waals surface area contributed by atoms with Gasteiger partial charge in [-0.15, -0.1) is 0 Å². The zero-order valence-electron chi connectivity index (χ0n) is 17.1. The third-order valence-corrected chi connectivity index (χ3v) is 4.22. The number of aromatic nitrogens is 1. The molecule has 0 radical (unpaired) electrons. The lowest BCUT2D eigenvalue weighted by atomic mass is 9.97. The molecule has 1 aromatic heterocycles. The summed E-state index contributed by atoms with van der Waals surface area (Å²) < 4.78 is 15.7. The largest absolute Gasteiger partial charge is 0.507 e. The van der Waals surface area contributed by atoms with Crippen LogP contribution in [0.15, 0.2) is 29.8 Å². The fraction of sp³-hybridized carbons (Fsp3) is 0.273. The Morgan fingerprint density at radius 3 is 2.34 bits per heavy atom. The van der Waals surface area contributed by atoms with Gasteiger partial charge in [0.05, 0.1) is 27.0 Å². The number of hydrogen-bond donors (Lipinski definition) is 2. The van der Waals surface area contributed by atoms with Gasteiger partial charge in [0.15, 0.2) is 0 Å². The predicted molar refractivity (Wildman–Crippen MR) is 111 cm³/mol. The Kier molecular flexibility index (Phi) is 7.25. The van der Waals surface area contributed by atoms with Crippen LogP contribution in [0.4, 0.5) is 0 Å². The second kappa shape index (κ2) is 9.64. The lowest BCUT2D eigenvalue weighted by Crippen LogP contribution is -2.04. The number of pyridine rings is 1. The first-order chi connectivity index (χ1) is 13.8. The second-order valence-electron chi connectivity index (χ2n) is 6.47. The first-order valence-corrected chi connectivity index (χ1v) is 8.88. The van der Waals surface area contributed by atoms with Crippen molar-refractivity contribution >= 4 is 18.1 Å². The molecule has 7 nitrogen and oxygen atoms in total. The molecule has 0 saturated carbocycles. The van der Waals surface area contributed by atoms with Crippen LogP contribution in [-0.2, 0) is 6.42 Å². The zero-order chi connectivity index (χ0) is 21.6. The van der Waals surface area contributed by atoms with E-state index in [1.54, 1.807) is 30.4 Å². The number of aromatic hydroxyl groups is 1. The van der Waals surface area contributed by atoms with Gasteiger partial charge in [-0.05, 0) is 38.0 Å². The number of allylic oxidation sites excluding steroid dienone is 2. The quantitative estimate of drug-likeness (QED) is 0.642. The molecule has 7 heteroatoms. The molecule has 0 unspecified atom stereocenters. The number of rotatable bonds is 8. The van der Waals surface area contributed by atoms with Crippen molar-refractivity contribution in [2.45, 2.75) is 20.3 Å². The van der Waals surface area contributed by atoms with Crippen LogP contribution in [0.25, 0.3) is 12.2 Å². The Hall–Kier alpha value is -3.48. The summed E-state index contributed by atoms with van der Waals surface area (Å²) in [5.74, 6) is -0.238. The third-order valence-electron chi connectivity index (χ3n) is 4.22. The van der Waals surface area contributed by atoms with E-state index in [-0.39, 0.29) is 16.9 Å². The highest BCUT2D eigenvalue weighted by atomic mass is 16.5. The summed E-state index contributed by atoms with van der Waals surface area (Å²) in [7, 11) is 4.49. The minimum atomic E-state index is -1.24. The van der Waals surface area contributed by atoms with E-state index in [9.17, 15) is 15.0 Å². The summed E-state index contributed by atoms with van der Waals surface area (Å²) in [6.07, 6.45) is 5.42. The van der Waals surface area contributed by atoms with E-state index in [1.807, 2.05) is 19.9 Å². The molecular weight excluding hydrogens is 374 g/mol. The Morgan fingerprint density at radius 2 is 1.79 bits per heavy atom. The molecule has 0 spiro atoms. The Morgan fingerprint density at radius 1 is 1.07 bits per heavy atom. The topological polar surface area (TPSA) is 98.1 Å². The van der Waals surface area contributed by atoms with E-state index in [2.05, 4.69) is 4.98 Å². The van der Waals surface area contributed by atoms with Crippen molar-refractivity contribution in [2.75, 3.05) is 21.3 Å². The van der Waals surface area contributed by atoms with Crippen LogP contribution in [0.1, 0.15) is 41.0 Å². The number of ether oxygens (including phenoxy) is 3. The van der Waals surface area contributed by atoms with Crippen molar-refractivity contribution in [3.8, 4) is 23.1 Å². The average Bonchev–Trinajstić information content (AvgIpc) is 2.69. The van der Waals surface area contributed by atoms with Gasteiger partial charge in [-0.3, -0.25) is 0 Å². The third kappa shape index (κ3) is 5.28. The van der Waals surface area contributed by atoms with Crippen LogP contribution in [0, 0.1) is 0 Å². The summed E-state index contributed by atoms with van der Waals surface area (Å²) in [6, 6.07) is 4.90. The van der Waals surface area contributed by atoms with Crippen LogP contribution in [0.3, 0.4) is 0 Å². The van der Waals surface area contributed by atoms with Gasteiger partial charge in [0.1, 0.15) is 22.8 Å².